The fourth-order valence-corrected chi connectivity index (χ4v) is 2.88. The Hall–Kier alpha value is -0.940. The second-order valence-corrected chi connectivity index (χ2v) is 5.68. The summed E-state index contributed by atoms with van der Waals surface area (Å²) in [5, 5.41) is 0.694. The van der Waals surface area contributed by atoms with Crippen LogP contribution in [0.1, 0.15) is 25.3 Å². The van der Waals surface area contributed by atoms with E-state index in [1.165, 1.54) is 6.42 Å². The van der Waals surface area contributed by atoms with Crippen LogP contribution in [0.4, 0.5) is 0 Å². The smallest absolute Gasteiger partial charge is 0.262 e. The van der Waals surface area contributed by atoms with Crippen LogP contribution in [0.25, 0.3) is 10.9 Å². The van der Waals surface area contributed by atoms with Crippen LogP contribution >= 0.6 is 28.1 Å². The molecule has 3 rings (SSSR count). The molecule has 1 aliphatic carbocycles. The number of hydrogen-bond donors (Lipinski definition) is 1. The normalized spacial score (nSPS) is 16.1. The molecule has 0 radical (unpaired) electrons. The highest BCUT2D eigenvalue weighted by atomic mass is 79.9. The van der Waals surface area contributed by atoms with Crippen molar-refractivity contribution in [2.45, 2.75) is 25.3 Å². The molecule has 1 fully saturated rings. The van der Waals surface area contributed by atoms with E-state index in [4.69, 9.17) is 12.2 Å². The van der Waals surface area contributed by atoms with Gasteiger partial charge >= 0.3 is 0 Å². The molecule has 0 aliphatic heterocycles. The lowest BCUT2D eigenvalue weighted by Crippen LogP contribution is -2.30. The minimum Gasteiger partial charge on any atom is -0.332 e. The summed E-state index contributed by atoms with van der Waals surface area (Å²) in [6.07, 6.45) is 3.29. The van der Waals surface area contributed by atoms with Gasteiger partial charge in [0.15, 0.2) is 4.77 Å². The van der Waals surface area contributed by atoms with Crippen LogP contribution in [-0.4, -0.2) is 9.55 Å². The van der Waals surface area contributed by atoms with Crippen LogP contribution in [0.3, 0.4) is 0 Å². The fraction of sp³-hybridized carbons (Fsp3) is 0.333. The molecule has 88 valence electrons. The van der Waals surface area contributed by atoms with Crippen molar-refractivity contribution in [3.05, 3.63) is 37.8 Å². The molecule has 0 spiro atoms. The second-order valence-electron chi connectivity index (χ2n) is 4.38. The van der Waals surface area contributed by atoms with E-state index in [1.807, 2.05) is 18.2 Å². The molecule has 0 bridgehead atoms. The minimum atomic E-state index is 0.0229. The number of hydrogen-bond acceptors (Lipinski definition) is 2. The standard InChI is InChI=1S/C12H11BrN2OS/c13-7-4-5-10-9(6-7)11(16)15(12(17)14-10)8-2-1-3-8/h4-6,8H,1-3H2,(H,14,17). The molecule has 1 saturated carbocycles. The summed E-state index contributed by atoms with van der Waals surface area (Å²) in [6.45, 7) is 0. The van der Waals surface area contributed by atoms with Crippen LogP contribution < -0.4 is 5.56 Å². The first kappa shape index (κ1) is 11.2. The largest absolute Gasteiger partial charge is 0.332 e. The van der Waals surface area contributed by atoms with Gasteiger partial charge in [-0.2, -0.15) is 0 Å². The number of benzene rings is 1. The molecule has 1 heterocycles. The van der Waals surface area contributed by atoms with E-state index in [0.717, 1.165) is 22.8 Å². The van der Waals surface area contributed by atoms with Gasteiger partial charge in [-0.1, -0.05) is 15.9 Å². The second kappa shape index (κ2) is 4.07. The zero-order valence-corrected chi connectivity index (χ0v) is 11.5. The van der Waals surface area contributed by atoms with Crippen molar-refractivity contribution in [1.82, 2.24) is 9.55 Å². The highest BCUT2D eigenvalue weighted by molar-refractivity contribution is 9.10. The summed E-state index contributed by atoms with van der Waals surface area (Å²) in [5.41, 5.74) is 0.827. The van der Waals surface area contributed by atoms with Gasteiger partial charge in [0, 0.05) is 10.5 Å². The van der Waals surface area contributed by atoms with Gasteiger partial charge in [0.25, 0.3) is 5.56 Å². The SMILES string of the molecule is O=c1c2cc(Br)ccc2[nH]c(=S)n1C1CCC1. The Morgan fingerprint density at radius 1 is 1.41 bits per heavy atom. The Morgan fingerprint density at radius 2 is 2.18 bits per heavy atom. The summed E-state index contributed by atoms with van der Waals surface area (Å²) in [7, 11) is 0. The highest BCUT2D eigenvalue weighted by Gasteiger charge is 2.22. The summed E-state index contributed by atoms with van der Waals surface area (Å²) in [5.74, 6) is 0. The van der Waals surface area contributed by atoms with Crippen LogP contribution in [0, 0.1) is 4.77 Å². The van der Waals surface area contributed by atoms with E-state index in [9.17, 15) is 4.79 Å². The average Bonchev–Trinajstić information content (AvgIpc) is 2.23. The van der Waals surface area contributed by atoms with Crippen molar-refractivity contribution < 1.29 is 0 Å². The predicted molar refractivity (Wildman–Crippen MR) is 74.0 cm³/mol. The predicted octanol–water partition coefficient (Wildman–Crippen LogP) is 3.55. The summed E-state index contributed by atoms with van der Waals surface area (Å²) >= 11 is 8.66. The van der Waals surface area contributed by atoms with Gasteiger partial charge < -0.3 is 4.98 Å². The van der Waals surface area contributed by atoms with Gasteiger partial charge in [-0.25, -0.2) is 0 Å². The average molecular weight is 311 g/mol. The number of H-pyrrole nitrogens is 1. The first-order valence-electron chi connectivity index (χ1n) is 5.61. The monoisotopic (exact) mass is 310 g/mol. The lowest BCUT2D eigenvalue weighted by atomic mass is 9.93. The molecule has 3 nitrogen and oxygen atoms in total. The van der Waals surface area contributed by atoms with Crippen LogP contribution in [0.2, 0.25) is 0 Å². The van der Waals surface area contributed by atoms with E-state index in [1.54, 1.807) is 4.57 Å². The van der Waals surface area contributed by atoms with Crippen molar-refractivity contribution in [2.75, 3.05) is 0 Å². The number of rotatable bonds is 1. The number of aromatic amines is 1. The quantitative estimate of drug-likeness (QED) is 0.818. The molecule has 0 saturated heterocycles. The molecule has 17 heavy (non-hydrogen) atoms. The van der Waals surface area contributed by atoms with E-state index >= 15 is 0 Å². The molecule has 0 unspecified atom stereocenters. The molecule has 1 N–H and O–H groups in total. The van der Waals surface area contributed by atoms with Crippen LogP contribution in [0.5, 0.6) is 0 Å². The van der Waals surface area contributed by atoms with Crippen molar-refractivity contribution in [3.63, 3.8) is 0 Å². The van der Waals surface area contributed by atoms with Gasteiger partial charge in [0.1, 0.15) is 0 Å². The van der Waals surface area contributed by atoms with E-state index in [0.29, 0.717) is 10.2 Å². The van der Waals surface area contributed by atoms with Gasteiger partial charge in [0.2, 0.25) is 0 Å². The molecule has 0 atom stereocenters. The number of fused-ring (bicyclic) bond motifs is 1. The third kappa shape index (κ3) is 1.77. The first-order chi connectivity index (χ1) is 8.16. The topological polar surface area (TPSA) is 37.8 Å². The number of halogens is 1. The van der Waals surface area contributed by atoms with E-state index in [2.05, 4.69) is 20.9 Å². The van der Waals surface area contributed by atoms with Crippen molar-refractivity contribution in [2.24, 2.45) is 0 Å². The third-order valence-corrected chi connectivity index (χ3v) is 4.12. The third-order valence-electron chi connectivity index (χ3n) is 3.33. The van der Waals surface area contributed by atoms with Gasteiger partial charge in [0.05, 0.1) is 10.9 Å². The molecule has 1 aliphatic rings. The summed E-state index contributed by atoms with van der Waals surface area (Å²) < 4.78 is 3.18. The van der Waals surface area contributed by atoms with Crippen LogP contribution in [0.15, 0.2) is 27.5 Å². The molecule has 5 heteroatoms. The Balaban J connectivity index is 2.36. The lowest BCUT2D eigenvalue weighted by molar-refractivity contribution is 0.302. The lowest BCUT2D eigenvalue weighted by Gasteiger charge is -2.27. The Kier molecular flexibility index (Phi) is 2.67. The zero-order valence-electron chi connectivity index (χ0n) is 9.07. The summed E-state index contributed by atoms with van der Waals surface area (Å²) in [4.78, 5) is 15.5. The Morgan fingerprint density at radius 3 is 2.82 bits per heavy atom. The maximum atomic E-state index is 12.4. The van der Waals surface area contributed by atoms with Crippen LogP contribution in [-0.2, 0) is 0 Å². The van der Waals surface area contributed by atoms with Crippen molar-refractivity contribution in [3.8, 4) is 0 Å². The number of nitrogens with zero attached hydrogens (tertiary/aromatic N) is 1. The number of aromatic nitrogens is 2. The number of nitrogens with one attached hydrogen (secondary N) is 1. The van der Waals surface area contributed by atoms with Gasteiger partial charge in [-0.05, 0) is 49.7 Å². The van der Waals surface area contributed by atoms with E-state index < -0.39 is 0 Å². The van der Waals surface area contributed by atoms with E-state index in [-0.39, 0.29) is 11.6 Å². The zero-order chi connectivity index (χ0) is 12.0. The van der Waals surface area contributed by atoms with Gasteiger partial charge in [-0.3, -0.25) is 9.36 Å². The Labute approximate surface area is 112 Å². The fourth-order valence-electron chi connectivity index (χ4n) is 2.18. The molecule has 2 aromatic rings. The molecule has 0 amide bonds. The Bertz CT molecular complexity index is 700. The van der Waals surface area contributed by atoms with Crippen molar-refractivity contribution >= 4 is 39.1 Å². The highest BCUT2D eigenvalue weighted by Crippen LogP contribution is 2.30. The molecule has 1 aromatic carbocycles. The first-order valence-corrected chi connectivity index (χ1v) is 6.81. The maximum absolute atomic E-state index is 12.4. The summed E-state index contributed by atoms with van der Waals surface area (Å²) in [6, 6.07) is 5.91. The minimum absolute atomic E-state index is 0.0229. The van der Waals surface area contributed by atoms with Crippen molar-refractivity contribution in [1.29, 1.82) is 0 Å². The van der Waals surface area contributed by atoms with Gasteiger partial charge in [-0.15, -0.1) is 0 Å². The maximum Gasteiger partial charge on any atom is 0.262 e. The molecule has 1 aromatic heterocycles. The molecular weight excluding hydrogens is 300 g/mol. The molecular formula is C12H11BrN2OS.